The van der Waals surface area contributed by atoms with Crippen LogP contribution >= 0.6 is 0 Å². The van der Waals surface area contributed by atoms with Crippen LogP contribution in [0.4, 0.5) is 5.69 Å². The minimum atomic E-state index is -0.157. The molecule has 0 unspecified atom stereocenters. The highest BCUT2D eigenvalue weighted by molar-refractivity contribution is 5.83. The van der Waals surface area contributed by atoms with Crippen molar-refractivity contribution in [1.82, 2.24) is 9.36 Å². The predicted octanol–water partition coefficient (Wildman–Crippen LogP) is 3.64. The van der Waals surface area contributed by atoms with Gasteiger partial charge in [0.2, 0.25) is 0 Å². The van der Waals surface area contributed by atoms with Gasteiger partial charge in [-0.2, -0.15) is 0 Å². The van der Waals surface area contributed by atoms with Gasteiger partial charge in [-0.1, -0.05) is 18.2 Å². The van der Waals surface area contributed by atoms with Crippen LogP contribution in [0.25, 0.3) is 5.69 Å². The Morgan fingerprint density at radius 1 is 1.11 bits per heavy atom. The highest BCUT2D eigenvalue weighted by Crippen LogP contribution is 2.27. The van der Waals surface area contributed by atoms with Crippen molar-refractivity contribution in [3.63, 3.8) is 0 Å². The lowest BCUT2D eigenvalue weighted by molar-refractivity contribution is 0.311. The third kappa shape index (κ3) is 3.65. The van der Waals surface area contributed by atoms with E-state index >= 15 is 0 Å². The van der Waals surface area contributed by atoms with Gasteiger partial charge in [-0.3, -0.25) is 9.48 Å². The second kappa shape index (κ2) is 7.95. The third-order valence-electron chi connectivity index (χ3n) is 4.35. The lowest BCUT2D eigenvalue weighted by Crippen LogP contribution is -2.19. The van der Waals surface area contributed by atoms with Crippen LogP contribution in [0.1, 0.15) is 18.2 Å². The Morgan fingerprint density at radius 2 is 1.85 bits per heavy atom. The second-order valence-corrected chi connectivity index (χ2v) is 6.01. The maximum atomic E-state index is 12.9. The van der Waals surface area contributed by atoms with Gasteiger partial charge in [0.1, 0.15) is 0 Å². The average Bonchev–Trinajstić information content (AvgIpc) is 2.90. The average molecular weight is 365 g/mol. The SMILES string of the molecule is CCOc1ccc(C=Nc2c(C)n(C)n(-c3ccccc3)c2=O)cc1OC. The molecule has 3 rings (SSSR count). The summed E-state index contributed by atoms with van der Waals surface area (Å²) in [5, 5.41) is 0. The number of hydrogen-bond donors (Lipinski definition) is 0. The molecule has 1 heterocycles. The summed E-state index contributed by atoms with van der Waals surface area (Å²) < 4.78 is 14.3. The van der Waals surface area contributed by atoms with Crippen molar-refractivity contribution in [2.24, 2.45) is 12.0 Å². The van der Waals surface area contributed by atoms with Gasteiger partial charge in [0.15, 0.2) is 17.2 Å². The number of rotatable bonds is 6. The second-order valence-electron chi connectivity index (χ2n) is 6.01. The van der Waals surface area contributed by atoms with Crippen LogP contribution in [0.3, 0.4) is 0 Å². The summed E-state index contributed by atoms with van der Waals surface area (Å²) in [4.78, 5) is 17.3. The van der Waals surface area contributed by atoms with Gasteiger partial charge in [0.25, 0.3) is 5.56 Å². The van der Waals surface area contributed by atoms with E-state index in [1.54, 1.807) is 18.0 Å². The number of ether oxygens (including phenoxy) is 2. The summed E-state index contributed by atoms with van der Waals surface area (Å²) in [6.45, 7) is 4.36. The molecule has 6 nitrogen and oxygen atoms in total. The molecule has 0 aliphatic rings. The molecule has 0 saturated heterocycles. The molecule has 6 heteroatoms. The topological polar surface area (TPSA) is 57.8 Å². The lowest BCUT2D eigenvalue weighted by Gasteiger charge is -2.09. The van der Waals surface area contributed by atoms with E-state index < -0.39 is 0 Å². The van der Waals surface area contributed by atoms with Gasteiger partial charge < -0.3 is 9.47 Å². The molecule has 0 N–H and O–H groups in total. The third-order valence-corrected chi connectivity index (χ3v) is 4.35. The Labute approximate surface area is 158 Å². The van der Waals surface area contributed by atoms with E-state index in [4.69, 9.17) is 9.47 Å². The number of methoxy groups -OCH3 is 1. The molecule has 0 spiro atoms. The van der Waals surface area contributed by atoms with Crippen molar-refractivity contribution in [3.05, 3.63) is 70.1 Å². The summed E-state index contributed by atoms with van der Waals surface area (Å²) in [5.41, 5.74) is 2.67. The normalized spacial score (nSPS) is 11.1. The number of para-hydroxylation sites is 1. The minimum Gasteiger partial charge on any atom is -0.493 e. The van der Waals surface area contributed by atoms with E-state index in [2.05, 4.69) is 4.99 Å². The first-order valence-corrected chi connectivity index (χ1v) is 8.75. The largest absolute Gasteiger partial charge is 0.493 e. The number of benzene rings is 2. The smallest absolute Gasteiger partial charge is 0.297 e. The molecular weight excluding hydrogens is 342 g/mol. The van der Waals surface area contributed by atoms with Gasteiger partial charge in [-0.05, 0) is 49.7 Å². The van der Waals surface area contributed by atoms with Crippen LogP contribution in [0.15, 0.2) is 58.3 Å². The van der Waals surface area contributed by atoms with Crippen molar-refractivity contribution in [2.45, 2.75) is 13.8 Å². The van der Waals surface area contributed by atoms with Gasteiger partial charge in [0, 0.05) is 13.3 Å². The molecule has 3 aromatic rings. The zero-order chi connectivity index (χ0) is 19.4. The van der Waals surface area contributed by atoms with Crippen LogP contribution < -0.4 is 15.0 Å². The van der Waals surface area contributed by atoms with Crippen molar-refractivity contribution >= 4 is 11.9 Å². The Morgan fingerprint density at radius 3 is 2.52 bits per heavy atom. The minimum absolute atomic E-state index is 0.157. The summed E-state index contributed by atoms with van der Waals surface area (Å²) in [6, 6.07) is 15.1. The molecule has 0 aliphatic heterocycles. The Hall–Kier alpha value is -3.28. The van der Waals surface area contributed by atoms with Crippen LogP contribution in [0.2, 0.25) is 0 Å². The molecule has 0 fully saturated rings. The summed E-state index contributed by atoms with van der Waals surface area (Å²) in [6.07, 6.45) is 1.66. The van der Waals surface area contributed by atoms with Gasteiger partial charge in [-0.15, -0.1) is 0 Å². The maximum Gasteiger partial charge on any atom is 0.297 e. The van der Waals surface area contributed by atoms with E-state index in [-0.39, 0.29) is 5.56 Å². The molecule has 1 aromatic heterocycles. The van der Waals surface area contributed by atoms with E-state index in [0.717, 1.165) is 16.9 Å². The summed E-state index contributed by atoms with van der Waals surface area (Å²) in [5.74, 6) is 1.31. The van der Waals surface area contributed by atoms with Gasteiger partial charge in [0.05, 0.1) is 25.1 Å². The first kappa shape index (κ1) is 18.5. The highest BCUT2D eigenvalue weighted by atomic mass is 16.5. The van der Waals surface area contributed by atoms with Crippen molar-refractivity contribution in [3.8, 4) is 17.2 Å². The fraction of sp³-hybridized carbons (Fsp3) is 0.238. The van der Waals surface area contributed by atoms with Gasteiger partial charge >= 0.3 is 0 Å². The molecule has 27 heavy (non-hydrogen) atoms. The fourth-order valence-electron chi connectivity index (χ4n) is 2.88. The quantitative estimate of drug-likeness (QED) is 0.627. The number of aliphatic imine (C=N–C) groups is 1. The van der Waals surface area contributed by atoms with Crippen LogP contribution in [-0.2, 0) is 7.05 Å². The zero-order valence-corrected chi connectivity index (χ0v) is 16.0. The monoisotopic (exact) mass is 365 g/mol. The van der Waals surface area contributed by atoms with E-state index in [9.17, 15) is 4.79 Å². The maximum absolute atomic E-state index is 12.9. The van der Waals surface area contributed by atoms with Crippen LogP contribution in [0.5, 0.6) is 11.5 Å². The lowest BCUT2D eigenvalue weighted by atomic mass is 10.2. The van der Waals surface area contributed by atoms with E-state index in [0.29, 0.717) is 23.8 Å². The van der Waals surface area contributed by atoms with Crippen LogP contribution in [0, 0.1) is 6.92 Å². The van der Waals surface area contributed by atoms with Crippen LogP contribution in [-0.4, -0.2) is 29.3 Å². The molecule has 0 radical (unpaired) electrons. The van der Waals surface area contributed by atoms with E-state index in [1.165, 1.54) is 0 Å². The Kier molecular flexibility index (Phi) is 5.45. The van der Waals surface area contributed by atoms with Crippen molar-refractivity contribution in [1.29, 1.82) is 0 Å². The molecule has 2 aromatic carbocycles. The number of aromatic nitrogens is 2. The number of nitrogens with zero attached hydrogens (tertiary/aromatic N) is 3. The number of hydrogen-bond acceptors (Lipinski definition) is 4. The fourth-order valence-corrected chi connectivity index (χ4v) is 2.88. The molecule has 0 aliphatic carbocycles. The molecule has 0 amide bonds. The Bertz CT molecular complexity index is 1020. The standard InChI is InChI=1S/C21H23N3O3/c1-5-27-18-12-11-16(13-19(18)26-4)14-22-20-15(2)23(3)24(21(20)25)17-9-7-6-8-10-17/h6-14H,5H2,1-4H3. The molecule has 0 bridgehead atoms. The molecule has 0 atom stereocenters. The van der Waals surface area contributed by atoms with Crippen molar-refractivity contribution in [2.75, 3.05) is 13.7 Å². The zero-order valence-electron chi connectivity index (χ0n) is 16.0. The van der Waals surface area contributed by atoms with Gasteiger partial charge in [-0.25, -0.2) is 9.67 Å². The van der Waals surface area contributed by atoms with E-state index in [1.807, 2.05) is 74.1 Å². The molecule has 0 saturated carbocycles. The summed E-state index contributed by atoms with van der Waals surface area (Å²) >= 11 is 0. The summed E-state index contributed by atoms with van der Waals surface area (Å²) in [7, 11) is 3.45. The Balaban J connectivity index is 1.98. The highest BCUT2D eigenvalue weighted by Gasteiger charge is 2.15. The first-order valence-electron chi connectivity index (χ1n) is 8.75. The predicted molar refractivity (Wildman–Crippen MR) is 107 cm³/mol. The van der Waals surface area contributed by atoms with Crippen molar-refractivity contribution < 1.29 is 9.47 Å². The molecule has 140 valence electrons. The molecular formula is C21H23N3O3. The first-order chi connectivity index (χ1) is 13.1.